The van der Waals surface area contributed by atoms with E-state index in [2.05, 4.69) is 4.98 Å². The zero-order valence-electron chi connectivity index (χ0n) is 15.7. The molecule has 4 rings (SSSR count). The number of carbonyl (C=O) groups excluding carboxylic acids is 1. The van der Waals surface area contributed by atoms with Gasteiger partial charge in [-0.2, -0.15) is 13.2 Å². The maximum Gasteiger partial charge on any atom is 0.406 e. The lowest BCUT2D eigenvalue weighted by molar-refractivity contribution is -0.142. The molecule has 0 radical (unpaired) electrons. The number of carbonyl (C=O) groups is 1. The molecule has 1 aromatic heterocycles. The fraction of sp³-hybridized carbons (Fsp3) is 0.526. The lowest BCUT2D eigenvalue weighted by Crippen LogP contribution is -2.48. The molecule has 2 saturated heterocycles. The number of aromatic nitrogens is 2. The van der Waals surface area contributed by atoms with Crippen molar-refractivity contribution in [2.75, 3.05) is 32.8 Å². The molecule has 3 heterocycles. The molecule has 2 amide bonds. The summed E-state index contributed by atoms with van der Waals surface area (Å²) in [6, 6.07) is 5.40. The highest BCUT2D eigenvalue weighted by atomic mass is 19.4. The fourth-order valence-corrected chi connectivity index (χ4v) is 3.97. The molecule has 2 aliphatic rings. The van der Waals surface area contributed by atoms with Gasteiger partial charge in [0, 0.05) is 19.6 Å². The molecule has 0 bridgehead atoms. The van der Waals surface area contributed by atoms with E-state index in [1.165, 1.54) is 11.0 Å². The third kappa shape index (κ3) is 3.93. The van der Waals surface area contributed by atoms with Crippen LogP contribution in [0.3, 0.4) is 0 Å². The lowest BCUT2D eigenvalue weighted by atomic mass is 10.1. The van der Waals surface area contributed by atoms with Crippen LogP contribution in [0.15, 0.2) is 29.1 Å². The summed E-state index contributed by atoms with van der Waals surface area (Å²) in [6.07, 6.45) is -3.49. The summed E-state index contributed by atoms with van der Waals surface area (Å²) in [7, 11) is 0. The Morgan fingerprint density at radius 1 is 1.17 bits per heavy atom. The minimum absolute atomic E-state index is 0.00913. The Bertz CT molecular complexity index is 969. The van der Waals surface area contributed by atoms with E-state index in [1.807, 2.05) is 0 Å². The molecule has 10 heteroatoms. The third-order valence-corrected chi connectivity index (χ3v) is 5.31. The summed E-state index contributed by atoms with van der Waals surface area (Å²) in [4.78, 5) is 33.4. The fourth-order valence-electron chi connectivity index (χ4n) is 3.97. The third-order valence-electron chi connectivity index (χ3n) is 5.31. The smallest absolute Gasteiger partial charge is 0.378 e. The number of amides is 2. The number of nitrogens with zero attached hydrogens (tertiary/aromatic N) is 4. The van der Waals surface area contributed by atoms with Crippen LogP contribution in [0.2, 0.25) is 0 Å². The van der Waals surface area contributed by atoms with E-state index in [-0.39, 0.29) is 17.2 Å². The van der Waals surface area contributed by atoms with Crippen LogP contribution in [0, 0.1) is 0 Å². The Morgan fingerprint density at radius 3 is 2.62 bits per heavy atom. The van der Waals surface area contributed by atoms with Crippen molar-refractivity contribution in [1.82, 2.24) is 19.4 Å². The van der Waals surface area contributed by atoms with Crippen molar-refractivity contribution >= 4 is 16.9 Å². The second-order valence-electron chi connectivity index (χ2n) is 7.23. The van der Waals surface area contributed by atoms with Crippen molar-refractivity contribution in [1.29, 1.82) is 0 Å². The van der Waals surface area contributed by atoms with Crippen LogP contribution in [0.1, 0.15) is 24.7 Å². The summed E-state index contributed by atoms with van der Waals surface area (Å²) in [5.41, 5.74) is -0.412. The van der Waals surface area contributed by atoms with Gasteiger partial charge in [-0.3, -0.25) is 9.36 Å². The molecular formula is C19H21F3N4O3. The van der Waals surface area contributed by atoms with E-state index >= 15 is 0 Å². The molecule has 1 atom stereocenters. The van der Waals surface area contributed by atoms with Gasteiger partial charge in [0.25, 0.3) is 5.56 Å². The predicted octanol–water partition coefficient (Wildman–Crippen LogP) is 2.55. The number of hydrogen-bond donors (Lipinski definition) is 0. The second kappa shape index (κ2) is 7.66. The molecule has 29 heavy (non-hydrogen) atoms. The number of rotatable bonds is 2. The van der Waals surface area contributed by atoms with Gasteiger partial charge in [0.1, 0.15) is 12.4 Å². The normalized spacial score (nSPS) is 20.4. The van der Waals surface area contributed by atoms with Gasteiger partial charge in [-0.25, -0.2) is 9.78 Å². The Morgan fingerprint density at radius 2 is 1.90 bits per heavy atom. The number of hydrogen-bond acceptors (Lipinski definition) is 4. The quantitative estimate of drug-likeness (QED) is 0.763. The van der Waals surface area contributed by atoms with Gasteiger partial charge >= 0.3 is 12.2 Å². The molecule has 0 N–H and O–H groups in total. The Balaban J connectivity index is 1.77. The highest BCUT2D eigenvalue weighted by Gasteiger charge is 2.38. The second-order valence-corrected chi connectivity index (χ2v) is 7.23. The number of alkyl halides is 3. The largest absolute Gasteiger partial charge is 0.406 e. The summed E-state index contributed by atoms with van der Waals surface area (Å²) in [5, 5.41) is 0.129. The van der Waals surface area contributed by atoms with Gasteiger partial charge in [-0.15, -0.1) is 0 Å². The van der Waals surface area contributed by atoms with Crippen molar-refractivity contribution < 1.29 is 22.7 Å². The van der Waals surface area contributed by atoms with Crippen molar-refractivity contribution in [3.63, 3.8) is 0 Å². The molecule has 0 saturated carbocycles. The van der Waals surface area contributed by atoms with Gasteiger partial charge in [-0.05, 0) is 25.0 Å². The zero-order chi connectivity index (χ0) is 20.6. The van der Waals surface area contributed by atoms with Crippen LogP contribution in [0.25, 0.3) is 10.9 Å². The molecule has 7 nitrogen and oxygen atoms in total. The van der Waals surface area contributed by atoms with Crippen molar-refractivity contribution in [3.05, 3.63) is 40.4 Å². The van der Waals surface area contributed by atoms with E-state index in [0.717, 1.165) is 0 Å². The zero-order valence-corrected chi connectivity index (χ0v) is 15.7. The van der Waals surface area contributed by atoms with E-state index in [9.17, 15) is 22.8 Å². The van der Waals surface area contributed by atoms with Gasteiger partial charge in [-0.1, -0.05) is 12.1 Å². The van der Waals surface area contributed by atoms with Crippen LogP contribution in [-0.4, -0.2) is 64.4 Å². The summed E-state index contributed by atoms with van der Waals surface area (Å²) < 4.78 is 45.7. The van der Waals surface area contributed by atoms with E-state index < -0.39 is 24.3 Å². The van der Waals surface area contributed by atoms with E-state index in [1.54, 1.807) is 23.1 Å². The number of morpholine rings is 1. The standard InChI is InChI=1S/C19H21F3N4O3/c20-19(21,22)12-26-16(23-14-5-2-1-4-13(14)17(26)27)15-6-3-7-25(15)18(28)24-8-10-29-11-9-24/h1-2,4-5,15H,3,6-12H2. The number of ether oxygens (including phenoxy) is 1. The molecule has 0 aliphatic carbocycles. The van der Waals surface area contributed by atoms with E-state index in [0.29, 0.717) is 55.8 Å². The van der Waals surface area contributed by atoms with Gasteiger partial charge < -0.3 is 14.5 Å². The number of likely N-dealkylation sites (tertiary alicyclic amines) is 1. The summed E-state index contributed by atoms with van der Waals surface area (Å²) >= 11 is 0. The van der Waals surface area contributed by atoms with Crippen molar-refractivity contribution in [2.24, 2.45) is 0 Å². The van der Waals surface area contributed by atoms with Gasteiger partial charge in [0.2, 0.25) is 0 Å². The molecule has 1 aromatic carbocycles. The molecular weight excluding hydrogens is 389 g/mol. The minimum Gasteiger partial charge on any atom is -0.378 e. The first-order valence-electron chi connectivity index (χ1n) is 9.55. The van der Waals surface area contributed by atoms with Crippen LogP contribution >= 0.6 is 0 Å². The van der Waals surface area contributed by atoms with Crippen LogP contribution in [0.5, 0.6) is 0 Å². The molecule has 156 valence electrons. The minimum atomic E-state index is -4.58. The summed E-state index contributed by atoms with van der Waals surface area (Å²) in [6.45, 7) is 0.699. The monoisotopic (exact) mass is 410 g/mol. The van der Waals surface area contributed by atoms with Gasteiger partial charge in [0.05, 0.1) is 30.2 Å². The number of benzene rings is 1. The molecule has 0 spiro atoms. The van der Waals surface area contributed by atoms with Crippen molar-refractivity contribution in [3.8, 4) is 0 Å². The maximum atomic E-state index is 13.2. The predicted molar refractivity (Wildman–Crippen MR) is 98.5 cm³/mol. The first-order valence-corrected chi connectivity index (χ1v) is 9.55. The molecule has 2 fully saturated rings. The number of halogens is 3. The van der Waals surface area contributed by atoms with Crippen molar-refractivity contribution in [2.45, 2.75) is 31.6 Å². The average molecular weight is 410 g/mol. The number of fused-ring (bicyclic) bond motifs is 1. The number of para-hydroxylation sites is 1. The first kappa shape index (κ1) is 19.7. The van der Waals surface area contributed by atoms with Crippen LogP contribution in [-0.2, 0) is 11.3 Å². The van der Waals surface area contributed by atoms with Crippen LogP contribution in [0.4, 0.5) is 18.0 Å². The molecule has 1 unspecified atom stereocenters. The summed E-state index contributed by atoms with van der Waals surface area (Å²) in [5.74, 6) is -0.00913. The topological polar surface area (TPSA) is 67.7 Å². The lowest BCUT2D eigenvalue weighted by Gasteiger charge is -2.34. The van der Waals surface area contributed by atoms with E-state index in [4.69, 9.17) is 4.74 Å². The molecule has 2 aliphatic heterocycles. The Hall–Kier alpha value is -2.62. The highest BCUT2D eigenvalue weighted by Crippen LogP contribution is 2.33. The van der Waals surface area contributed by atoms with Crippen LogP contribution < -0.4 is 5.56 Å². The Kier molecular flexibility index (Phi) is 5.20. The molecule has 2 aromatic rings. The maximum absolute atomic E-state index is 13.2. The number of urea groups is 1. The van der Waals surface area contributed by atoms with Gasteiger partial charge in [0.15, 0.2) is 0 Å². The SMILES string of the molecule is O=C(N1CCOCC1)N1CCCC1c1nc2ccccc2c(=O)n1CC(F)(F)F. The first-order chi connectivity index (χ1) is 13.8. The highest BCUT2D eigenvalue weighted by molar-refractivity contribution is 5.78. The average Bonchev–Trinajstić information content (AvgIpc) is 3.19. The Labute approximate surface area is 164 Å².